The Morgan fingerprint density at radius 2 is 1.50 bits per heavy atom. The van der Waals surface area contributed by atoms with Gasteiger partial charge in [-0.05, 0) is 42.3 Å². The lowest BCUT2D eigenvalue weighted by atomic mass is 10.2. The quantitative estimate of drug-likeness (QED) is 0.273. The van der Waals surface area contributed by atoms with Gasteiger partial charge in [-0.3, -0.25) is 4.68 Å². The van der Waals surface area contributed by atoms with Crippen molar-refractivity contribution < 1.29 is 13.9 Å². The number of nitrogens with zero attached hydrogens (tertiary/aromatic N) is 3. The van der Waals surface area contributed by atoms with Crippen LogP contribution >= 0.6 is 0 Å². The standard InChI is InChI=1S/C28H25N3O3/c1-21-26(29-28(34-21)24-10-6-3-7-11-24)20-32-25-14-12-22(13-15-25)18-31-17-16-27(30-31)33-19-23-8-4-2-5-9-23/h2-17H,18-20H2,1H3. The number of benzene rings is 3. The molecule has 0 radical (unpaired) electrons. The maximum Gasteiger partial charge on any atom is 0.233 e. The first-order chi connectivity index (χ1) is 16.7. The molecule has 0 bridgehead atoms. The zero-order valence-electron chi connectivity index (χ0n) is 18.9. The molecule has 0 fully saturated rings. The molecule has 0 aliphatic rings. The van der Waals surface area contributed by atoms with E-state index in [2.05, 4.69) is 10.1 Å². The Labute approximate surface area is 198 Å². The molecule has 0 amide bonds. The highest BCUT2D eigenvalue weighted by atomic mass is 16.5. The van der Waals surface area contributed by atoms with Gasteiger partial charge in [0.05, 0.1) is 6.54 Å². The average Bonchev–Trinajstić information content (AvgIpc) is 3.49. The molecule has 0 saturated heterocycles. The minimum absolute atomic E-state index is 0.350. The smallest absolute Gasteiger partial charge is 0.233 e. The summed E-state index contributed by atoms with van der Waals surface area (Å²) in [6, 6.07) is 29.8. The van der Waals surface area contributed by atoms with Crippen LogP contribution in [-0.2, 0) is 19.8 Å². The second kappa shape index (κ2) is 10.1. The molecule has 170 valence electrons. The topological polar surface area (TPSA) is 62.3 Å². The molecule has 0 unspecified atom stereocenters. The Bertz CT molecular complexity index is 1330. The van der Waals surface area contributed by atoms with Crippen LogP contribution in [0.4, 0.5) is 0 Å². The van der Waals surface area contributed by atoms with Gasteiger partial charge in [-0.1, -0.05) is 60.7 Å². The molecule has 6 heteroatoms. The molecule has 3 aromatic carbocycles. The summed E-state index contributed by atoms with van der Waals surface area (Å²) in [6.07, 6.45) is 1.92. The van der Waals surface area contributed by atoms with Gasteiger partial charge in [0.25, 0.3) is 0 Å². The van der Waals surface area contributed by atoms with Crippen molar-refractivity contribution in [3.05, 3.63) is 120 Å². The Kier molecular flexibility index (Phi) is 6.38. The van der Waals surface area contributed by atoms with E-state index in [0.29, 0.717) is 31.5 Å². The lowest BCUT2D eigenvalue weighted by Gasteiger charge is -2.07. The maximum absolute atomic E-state index is 5.94. The number of hydrogen-bond donors (Lipinski definition) is 0. The Morgan fingerprint density at radius 1 is 0.765 bits per heavy atom. The van der Waals surface area contributed by atoms with E-state index in [1.54, 1.807) is 0 Å². The lowest BCUT2D eigenvalue weighted by molar-refractivity contribution is 0.290. The molecular formula is C28H25N3O3. The Balaban J connectivity index is 1.14. The highest BCUT2D eigenvalue weighted by Crippen LogP contribution is 2.23. The monoisotopic (exact) mass is 451 g/mol. The van der Waals surface area contributed by atoms with E-state index in [0.717, 1.165) is 33.9 Å². The van der Waals surface area contributed by atoms with Gasteiger partial charge < -0.3 is 13.9 Å². The van der Waals surface area contributed by atoms with Gasteiger partial charge in [-0.15, -0.1) is 5.10 Å². The van der Waals surface area contributed by atoms with Gasteiger partial charge in [0, 0.05) is 17.8 Å². The molecule has 34 heavy (non-hydrogen) atoms. The van der Waals surface area contributed by atoms with Crippen LogP contribution in [0.25, 0.3) is 11.5 Å². The summed E-state index contributed by atoms with van der Waals surface area (Å²) in [5, 5.41) is 4.50. The molecule has 0 N–H and O–H groups in total. The zero-order chi connectivity index (χ0) is 23.2. The summed E-state index contributed by atoms with van der Waals surface area (Å²) in [5.41, 5.74) is 3.98. The third-order valence-electron chi connectivity index (χ3n) is 5.40. The van der Waals surface area contributed by atoms with Gasteiger partial charge in [-0.25, -0.2) is 4.98 Å². The fourth-order valence-corrected chi connectivity index (χ4v) is 3.54. The maximum atomic E-state index is 5.94. The summed E-state index contributed by atoms with van der Waals surface area (Å²) in [7, 11) is 0. The largest absolute Gasteiger partial charge is 0.487 e. The van der Waals surface area contributed by atoms with Crippen molar-refractivity contribution in [3.8, 4) is 23.1 Å². The van der Waals surface area contributed by atoms with Gasteiger partial charge in [0.15, 0.2) is 0 Å². The average molecular weight is 452 g/mol. The number of rotatable bonds is 9. The molecule has 6 nitrogen and oxygen atoms in total. The summed E-state index contributed by atoms with van der Waals surface area (Å²) < 4.78 is 19.4. The fraction of sp³-hybridized carbons (Fsp3) is 0.143. The van der Waals surface area contributed by atoms with Gasteiger partial charge in [-0.2, -0.15) is 0 Å². The van der Waals surface area contributed by atoms with E-state index in [9.17, 15) is 0 Å². The van der Waals surface area contributed by atoms with E-state index < -0.39 is 0 Å². The van der Waals surface area contributed by atoms with Crippen LogP contribution in [0.15, 0.2) is 102 Å². The van der Waals surface area contributed by atoms with Crippen molar-refractivity contribution in [2.24, 2.45) is 0 Å². The van der Waals surface area contributed by atoms with Crippen molar-refractivity contribution in [2.45, 2.75) is 26.7 Å². The molecule has 5 aromatic rings. The van der Waals surface area contributed by atoms with Gasteiger partial charge in [0.1, 0.15) is 30.4 Å². The number of aryl methyl sites for hydroxylation is 1. The molecule has 2 aromatic heterocycles. The van der Waals surface area contributed by atoms with E-state index in [4.69, 9.17) is 13.9 Å². The highest BCUT2D eigenvalue weighted by molar-refractivity contribution is 5.53. The molecular weight excluding hydrogens is 426 g/mol. The van der Waals surface area contributed by atoms with E-state index in [1.165, 1.54) is 0 Å². The normalized spacial score (nSPS) is 10.9. The van der Waals surface area contributed by atoms with Crippen molar-refractivity contribution in [1.29, 1.82) is 0 Å². The third kappa shape index (κ3) is 5.35. The van der Waals surface area contributed by atoms with Gasteiger partial charge in [0.2, 0.25) is 11.8 Å². The van der Waals surface area contributed by atoms with Crippen LogP contribution in [-0.4, -0.2) is 14.8 Å². The van der Waals surface area contributed by atoms with Crippen LogP contribution in [0, 0.1) is 6.92 Å². The van der Waals surface area contributed by atoms with E-state index in [-0.39, 0.29) is 0 Å². The Hall–Kier alpha value is -4.32. The highest BCUT2D eigenvalue weighted by Gasteiger charge is 2.12. The van der Waals surface area contributed by atoms with E-state index in [1.807, 2.05) is 109 Å². The number of aromatic nitrogens is 3. The van der Waals surface area contributed by atoms with Crippen LogP contribution in [0.3, 0.4) is 0 Å². The molecule has 0 aliphatic carbocycles. The first kappa shape index (κ1) is 21.5. The summed E-state index contributed by atoms with van der Waals surface area (Å²) in [4.78, 5) is 4.59. The molecule has 2 heterocycles. The first-order valence-corrected chi connectivity index (χ1v) is 11.2. The minimum atomic E-state index is 0.350. The van der Waals surface area contributed by atoms with Crippen molar-refractivity contribution in [3.63, 3.8) is 0 Å². The molecule has 0 spiro atoms. The number of hydrogen-bond acceptors (Lipinski definition) is 5. The molecule has 0 saturated carbocycles. The van der Waals surface area contributed by atoms with Crippen LogP contribution in [0.1, 0.15) is 22.6 Å². The fourth-order valence-electron chi connectivity index (χ4n) is 3.54. The summed E-state index contributed by atoms with van der Waals surface area (Å²) >= 11 is 0. The van der Waals surface area contributed by atoms with E-state index >= 15 is 0 Å². The van der Waals surface area contributed by atoms with Crippen molar-refractivity contribution in [2.75, 3.05) is 0 Å². The van der Waals surface area contributed by atoms with Crippen molar-refractivity contribution in [1.82, 2.24) is 14.8 Å². The molecule has 0 aliphatic heterocycles. The molecule has 5 rings (SSSR count). The summed E-state index contributed by atoms with van der Waals surface area (Å²) in [6.45, 7) is 3.41. The summed E-state index contributed by atoms with van der Waals surface area (Å²) in [5.74, 6) is 2.76. The zero-order valence-corrected chi connectivity index (χ0v) is 18.9. The second-order valence-electron chi connectivity index (χ2n) is 7.95. The lowest BCUT2D eigenvalue weighted by Crippen LogP contribution is -2.02. The van der Waals surface area contributed by atoms with Crippen LogP contribution in [0.2, 0.25) is 0 Å². The molecule has 0 atom stereocenters. The van der Waals surface area contributed by atoms with Gasteiger partial charge >= 0.3 is 0 Å². The van der Waals surface area contributed by atoms with Crippen LogP contribution in [0.5, 0.6) is 11.6 Å². The first-order valence-electron chi connectivity index (χ1n) is 11.2. The van der Waals surface area contributed by atoms with Crippen LogP contribution < -0.4 is 9.47 Å². The minimum Gasteiger partial charge on any atom is -0.487 e. The third-order valence-corrected chi connectivity index (χ3v) is 5.40. The second-order valence-corrected chi connectivity index (χ2v) is 7.95. The Morgan fingerprint density at radius 3 is 2.26 bits per heavy atom. The predicted molar refractivity (Wildman–Crippen MR) is 130 cm³/mol. The number of oxazole rings is 1. The predicted octanol–water partition coefficient (Wildman–Crippen LogP) is 6.05. The number of ether oxygens (including phenoxy) is 2. The SMILES string of the molecule is Cc1oc(-c2ccccc2)nc1COc1ccc(Cn2ccc(OCc3ccccc3)n2)cc1. The van der Waals surface area contributed by atoms with Crippen molar-refractivity contribution >= 4 is 0 Å².